The van der Waals surface area contributed by atoms with Gasteiger partial charge in [-0.3, -0.25) is 9.69 Å². The monoisotopic (exact) mass is 211 g/mol. The summed E-state index contributed by atoms with van der Waals surface area (Å²) in [7, 11) is 0. The van der Waals surface area contributed by atoms with E-state index in [0.29, 0.717) is 18.7 Å². The first-order valence-corrected chi connectivity index (χ1v) is 6.09. The maximum Gasteiger partial charge on any atom is 0.302 e. The fourth-order valence-corrected chi connectivity index (χ4v) is 3.18. The standard InChI is InChI=1S/C12H21NO2/c1-9-4-3-5-11-6-7-12(13(9)11)8-15-10(2)14/h9,11-12H,3-8H2,1-2H3/t9-,11+,12-/m0/s1. The molecular formula is C12H21NO2. The minimum absolute atomic E-state index is 0.150. The predicted octanol–water partition coefficient (Wildman–Crippen LogP) is 1.95. The van der Waals surface area contributed by atoms with Gasteiger partial charge in [-0.15, -0.1) is 0 Å². The largest absolute Gasteiger partial charge is 0.464 e. The lowest BCUT2D eigenvalue weighted by atomic mass is 9.97. The van der Waals surface area contributed by atoms with Crippen LogP contribution in [-0.4, -0.2) is 35.6 Å². The highest BCUT2D eigenvalue weighted by molar-refractivity contribution is 5.65. The Morgan fingerprint density at radius 3 is 2.87 bits per heavy atom. The van der Waals surface area contributed by atoms with Gasteiger partial charge in [0.05, 0.1) is 0 Å². The molecule has 0 radical (unpaired) electrons. The summed E-state index contributed by atoms with van der Waals surface area (Å²) in [5.74, 6) is -0.150. The van der Waals surface area contributed by atoms with Gasteiger partial charge in [-0.1, -0.05) is 6.42 Å². The highest BCUT2D eigenvalue weighted by Gasteiger charge is 2.38. The molecule has 2 saturated heterocycles. The second-order valence-electron chi connectivity index (χ2n) is 4.91. The van der Waals surface area contributed by atoms with Gasteiger partial charge >= 0.3 is 5.97 Å². The number of fused-ring (bicyclic) bond motifs is 1. The van der Waals surface area contributed by atoms with Gasteiger partial charge in [0.1, 0.15) is 6.61 Å². The maximum atomic E-state index is 10.8. The van der Waals surface area contributed by atoms with E-state index in [1.54, 1.807) is 0 Å². The second-order valence-corrected chi connectivity index (χ2v) is 4.91. The van der Waals surface area contributed by atoms with Gasteiger partial charge < -0.3 is 4.74 Å². The van der Waals surface area contributed by atoms with Gasteiger partial charge in [0, 0.05) is 25.0 Å². The van der Waals surface area contributed by atoms with Crippen LogP contribution in [0.1, 0.15) is 46.0 Å². The Hall–Kier alpha value is -0.570. The van der Waals surface area contributed by atoms with Crippen molar-refractivity contribution in [1.82, 2.24) is 4.90 Å². The van der Waals surface area contributed by atoms with E-state index in [4.69, 9.17) is 4.74 Å². The number of esters is 1. The van der Waals surface area contributed by atoms with Crippen molar-refractivity contribution < 1.29 is 9.53 Å². The van der Waals surface area contributed by atoms with Crippen molar-refractivity contribution in [2.45, 2.75) is 64.1 Å². The van der Waals surface area contributed by atoms with Crippen molar-refractivity contribution in [3.63, 3.8) is 0 Å². The van der Waals surface area contributed by atoms with Crippen LogP contribution in [-0.2, 0) is 9.53 Å². The summed E-state index contributed by atoms with van der Waals surface area (Å²) in [5.41, 5.74) is 0. The molecule has 2 aliphatic heterocycles. The molecular weight excluding hydrogens is 190 g/mol. The van der Waals surface area contributed by atoms with E-state index < -0.39 is 0 Å². The summed E-state index contributed by atoms with van der Waals surface area (Å²) < 4.78 is 5.14. The first kappa shape index (κ1) is 10.9. The van der Waals surface area contributed by atoms with E-state index in [1.807, 2.05) is 0 Å². The third-order valence-electron chi connectivity index (χ3n) is 3.82. The molecule has 86 valence electrons. The highest BCUT2D eigenvalue weighted by Crippen LogP contribution is 2.35. The molecule has 3 atom stereocenters. The van der Waals surface area contributed by atoms with Crippen molar-refractivity contribution in [3.05, 3.63) is 0 Å². The van der Waals surface area contributed by atoms with Gasteiger partial charge in [0.25, 0.3) is 0 Å². The molecule has 2 fully saturated rings. The van der Waals surface area contributed by atoms with Crippen LogP contribution in [0.5, 0.6) is 0 Å². The number of nitrogens with zero attached hydrogens (tertiary/aromatic N) is 1. The Morgan fingerprint density at radius 2 is 2.13 bits per heavy atom. The van der Waals surface area contributed by atoms with Crippen molar-refractivity contribution in [2.24, 2.45) is 0 Å². The van der Waals surface area contributed by atoms with Crippen LogP contribution < -0.4 is 0 Å². The Morgan fingerprint density at radius 1 is 1.33 bits per heavy atom. The SMILES string of the molecule is CC(=O)OC[C@@H]1CC[C@H]2CCC[C@H](C)N21. The van der Waals surface area contributed by atoms with Crippen LogP contribution in [0.2, 0.25) is 0 Å². The topological polar surface area (TPSA) is 29.5 Å². The quantitative estimate of drug-likeness (QED) is 0.654. The molecule has 0 aromatic carbocycles. The number of carbonyl (C=O) groups is 1. The van der Waals surface area contributed by atoms with Gasteiger partial charge in [-0.2, -0.15) is 0 Å². The van der Waals surface area contributed by atoms with Crippen LogP contribution in [0.3, 0.4) is 0 Å². The molecule has 0 N–H and O–H groups in total. The summed E-state index contributed by atoms with van der Waals surface area (Å²) in [5, 5.41) is 0. The third-order valence-corrected chi connectivity index (χ3v) is 3.82. The van der Waals surface area contributed by atoms with E-state index in [1.165, 1.54) is 39.0 Å². The molecule has 3 nitrogen and oxygen atoms in total. The Bertz CT molecular complexity index is 242. The number of carbonyl (C=O) groups excluding carboxylic acids is 1. The lowest BCUT2D eigenvalue weighted by molar-refractivity contribution is -0.143. The maximum absolute atomic E-state index is 10.8. The van der Waals surface area contributed by atoms with E-state index >= 15 is 0 Å². The van der Waals surface area contributed by atoms with Crippen LogP contribution in [0.4, 0.5) is 0 Å². The van der Waals surface area contributed by atoms with Gasteiger partial charge in [0.2, 0.25) is 0 Å². The van der Waals surface area contributed by atoms with E-state index in [-0.39, 0.29) is 5.97 Å². The number of piperidine rings is 1. The van der Waals surface area contributed by atoms with Gasteiger partial charge in [0.15, 0.2) is 0 Å². The third kappa shape index (κ3) is 2.33. The normalized spacial score (nSPS) is 36.3. The van der Waals surface area contributed by atoms with E-state index in [2.05, 4.69) is 11.8 Å². The molecule has 0 aromatic heterocycles. The zero-order valence-corrected chi connectivity index (χ0v) is 9.74. The Labute approximate surface area is 91.8 Å². The molecule has 0 aromatic rings. The average Bonchev–Trinajstić information content (AvgIpc) is 2.59. The molecule has 15 heavy (non-hydrogen) atoms. The summed E-state index contributed by atoms with van der Waals surface area (Å²) in [6.07, 6.45) is 6.48. The minimum Gasteiger partial charge on any atom is -0.464 e. The first-order chi connectivity index (χ1) is 7.18. The molecule has 0 spiro atoms. The summed E-state index contributed by atoms with van der Waals surface area (Å²) >= 11 is 0. The van der Waals surface area contributed by atoms with Crippen molar-refractivity contribution in [3.8, 4) is 0 Å². The lowest BCUT2D eigenvalue weighted by Crippen LogP contribution is -2.47. The zero-order chi connectivity index (χ0) is 10.8. The first-order valence-electron chi connectivity index (χ1n) is 6.09. The highest BCUT2D eigenvalue weighted by atomic mass is 16.5. The number of hydrogen-bond acceptors (Lipinski definition) is 3. The summed E-state index contributed by atoms with van der Waals surface area (Å²) in [6, 6.07) is 1.91. The fraction of sp³-hybridized carbons (Fsp3) is 0.917. The number of rotatable bonds is 2. The smallest absolute Gasteiger partial charge is 0.302 e. The predicted molar refractivity (Wildman–Crippen MR) is 58.6 cm³/mol. The van der Waals surface area contributed by atoms with Gasteiger partial charge in [-0.25, -0.2) is 0 Å². The van der Waals surface area contributed by atoms with E-state index in [9.17, 15) is 4.79 Å². The minimum atomic E-state index is -0.150. The van der Waals surface area contributed by atoms with Crippen LogP contribution >= 0.6 is 0 Å². The summed E-state index contributed by atoms with van der Waals surface area (Å²) in [4.78, 5) is 13.4. The van der Waals surface area contributed by atoms with Crippen molar-refractivity contribution in [1.29, 1.82) is 0 Å². The molecule has 0 amide bonds. The average molecular weight is 211 g/mol. The molecule has 2 aliphatic rings. The lowest BCUT2D eigenvalue weighted by Gasteiger charge is -2.39. The Balaban J connectivity index is 1.92. The molecule has 2 heterocycles. The van der Waals surface area contributed by atoms with Crippen LogP contribution in [0, 0.1) is 0 Å². The Kier molecular flexibility index (Phi) is 3.29. The number of hydrogen-bond donors (Lipinski definition) is 0. The van der Waals surface area contributed by atoms with Crippen molar-refractivity contribution in [2.75, 3.05) is 6.61 Å². The molecule has 0 saturated carbocycles. The molecule has 0 unspecified atom stereocenters. The summed E-state index contributed by atoms with van der Waals surface area (Å²) in [6.45, 7) is 4.39. The molecule has 2 rings (SSSR count). The molecule has 0 bridgehead atoms. The fourth-order valence-electron chi connectivity index (χ4n) is 3.18. The molecule has 3 heteroatoms. The zero-order valence-electron chi connectivity index (χ0n) is 9.74. The second kappa shape index (κ2) is 4.52. The molecule has 0 aliphatic carbocycles. The van der Waals surface area contributed by atoms with Crippen LogP contribution in [0.15, 0.2) is 0 Å². The van der Waals surface area contributed by atoms with Crippen molar-refractivity contribution >= 4 is 5.97 Å². The van der Waals surface area contributed by atoms with Gasteiger partial charge in [-0.05, 0) is 32.6 Å². The van der Waals surface area contributed by atoms with Crippen LogP contribution in [0.25, 0.3) is 0 Å². The number of ether oxygens (including phenoxy) is 1. The van der Waals surface area contributed by atoms with E-state index in [0.717, 1.165) is 6.04 Å².